The molecule has 0 atom stereocenters. The quantitative estimate of drug-likeness (QED) is 0.698. The fraction of sp³-hybridized carbons (Fsp3) is 0.333. The van der Waals surface area contributed by atoms with Crippen LogP contribution in [0.4, 0.5) is 30.7 Å². The SMILES string of the molecule is COc1ccc(C(F)(F)F)c(F)c1C(F)(F)F. The smallest absolute Gasteiger partial charge is 0.422 e. The number of methoxy groups -OCH3 is 1. The Balaban J connectivity index is 3.55. The van der Waals surface area contributed by atoms with Crippen molar-refractivity contribution in [1.82, 2.24) is 0 Å². The molecule has 0 aliphatic carbocycles. The van der Waals surface area contributed by atoms with E-state index in [4.69, 9.17) is 0 Å². The van der Waals surface area contributed by atoms with Crippen molar-refractivity contribution >= 4 is 0 Å². The van der Waals surface area contributed by atoms with E-state index in [1.165, 1.54) is 0 Å². The third-order valence-electron chi connectivity index (χ3n) is 1.91. The van der Waals surface area contributed by atoms with E-state index in [1.807, 2.05) is 0 Å². The molecule has 0 spiro atoms. The molecule has 0 fully saturated rings. The molecule has 0 amide bonds. The number of halogens is 7. The molecule has 0 saturated heterocycles. The van der Waals surface area contributed by atoms with Crippen molar-refractivity contribution in [3.63, 3.8) is 0 Å². The second-order valence-corrected chi connectivity index (χ2v) is 3.00. The van der Waals surface area contributed by atoms with Crippen molar-refractivity contribution in [1.29, 1.82) is 0 Å². The van der Waals surface area contributed by atoms with Gasteiger partial charge in [0, 0.05) is 0 Å². The van der Waals surface area contributed by atoms with Gasteiger partial charge in [-0.15, -0.1) is 0 Å². The summed E-state index contributed by atoms with van der Waals surface area (Å²) < 4.78 is 91.1. The highest BCUT2D eigenvalue weighted by molar-refractivity contribution is 5.41. The zero-order valence-corrected chi connectivity index (χ0v) is 8.21. The van der Waals surface area contributed by atoms with Gasteiger partial charge in [0.15, 0.2) is 5.82 Å². The van der Waals surface area contributed by atoms with E-state index < -0.39 is 35.0 Å². The van der Waals surface area contributed by atoms with E-state index in [0.717, 1.165) is 7.11 Å². The van der Waals surface area contributed by atoms with Gasteiger partial charge in [-0.2, -0.15) is 26.3 Å². The second kappa shape index (κ2) is 4.08. The van der Waals surface area contributed by atoms with Crippen LogP contribution in [0.1, 0.15) is 11.1 Å². The molecule has 1 aromatic rings. The third kappa shape index (κ3) is 2.62. The Kier molecular flexibility index (Phi) is 3.26. The van der Waals surface area contributed by atoms with Crippen molar-refractivity contribution in [3.8, 4) is 5.75 Å². The van der Waals surface area contributed by atoms with Crippen LogP contribution in [-0.2, 0) is 12.4 Å². The summed E-state index contributed by atoms with van der Waals surface area (Å²) >= 11 is 0. The molecule has 0 radical (unpaired) electrons. The molecule has 0 aromatic heterocycles. The van der Waals surface area contributed by atoms with Gasteiger partial charge in [-0.1, -0.05) is 0 Å². The number of ether oxygens (including phenoxy) is 1. The van der Waals surface area contributed by atoms with Crippen LogP contribution < -0.4 is 4.74 Å². The van der Waals surface area contributed by atoms with E-state index in [0.29, 0.717) is 6.07 Å². The van der Waals surface area contributed by atoms with Gasteiger partial charge in [0.05, 0.1) is 12.7 Å². The maximum atomic E-state index is 13.2. The van der Waals surface area contributed by atoms with Crippen LogP contribution in [-0.4, -0.2) is 7.11 Å². The molecule has 1 nitrogen and oxygen atoms in total. The topological polar surface area (TPSA) is 9.23 Å². The first kappa shape index (κ1) is 13.6. The molecule has 0 saturated carbocycles. The minimum Gasteiger partial charge on any atom is -0.496 e. The van der Waals surface area contributed by atoms with Crippen molar-refractivity contribution in [2.24, 2.45) is 0 Å². The minimum absolute atomic E-state index is 0.198. The van der Waals surface area contributed by atoms with Gasteiger partial charge >= 0.3 is 12.4 Å². The predicted molar refractivity (Wildman–Crippen MR) is 43.0 cm³/mol. The predicted octanol–water partition coefficient (Wildman–Crippen LogP) is 3.87. The number of rotatable bonds is 1. The van der Waals surface area contributed by atoms with Crippen molar-refractivity contribution in [2.75, 3.05) is 7.11 Å². The molecule has 8 heteroatoms. The Morgan fingerprint density at radius 1 is 0.941 bits per heavy atom. The second-order valence-electron chi connectivity index (χ2n) is 3.00. The lowest BCUT2D eigenvalue weighted by molar-refractivity contribution is -0.148. The molecule has 0 bridgehead atoms. The molecule has 1 rings (SSSR count). The Hall–Kier alpha value is -1.47. The maximum Gasteiger partial charge on any atom is 0.422 e. The van der Waals surface area contributed by atoms with E-state index in [2.05, 4.69) is 4.74 Å². The highest BCUT2D eigenvalue weighted by Gasteiger charge is 2.43. The number of alkyl halides is 6. The molecule has 0 heterocycles. The van der Waals surface area contributed by atoms with Crippen molar-refractivity contribution in [3.05, 3.63) is 29.1 Å². The number of benzene rings is 1. The first-order valence-corrected chi connectivity index (χ1v) is 4.10. The largest absolute Gasteiger partial charge is 0.496 e. The van der Waals surface area contributed by atoms with Crippen molar-refractivity contribution in [2.45, 2.75) is 12.4 Å². The summed E-state index contributed by atoms with van der Waals surface area (Å²) in [4.78, 5) is 0. The standard InChI is InChI=1S/C9H5F7O/c1-17-5-3-2-4(8(11,12)13)7(10)6(5)9(14,15)16/h2-3H,1H3. The summed E-state index contributed by atoms with van der Waals surface area (Å²) in [5.74, 6) is -3.38. The monoisotopic (exact) mass is 262 g/mol. The van der Waals surface area contributed by atoms with Gasteiger partial charge in [-0.25, -0.2) is 4.39 Å². The molecule has 0 aliphatic rings. The maximum absolute atomic E-state index is 13.2. The van der Waals surface area contributed by atoms with Crippen LogP contribution in [0.25, 0.3) is 0 Å². The Bertz CT molecular complexity index is 419. The lowest BCUT2D eigenvalue weighted by Crippen LogP contribution is -2.16. The number of hydrogen-bond donors (Lipinski definition) is 0. The summed E-state index contributed by atoms with van der Waals surface area (Å²) in [6.07, 6.45) is -10.5. The molecule has 0 aliphatic heterocycles. The van der Waals surface area contributed by atoms with Gasteiger partial charge in [0.2, 0.25) is 0 Å². The average Bonchev–Trinajstić information content (AvgIpc) is 2.12. The van der Waals surface area contributed by atoms with E-state index >= 15 is 0 Å². The van der Waals surface area contributed by atoms with Crippen LogP contribution in [0, 0.1) is 5.82 Å². The highest BCUT2D eigenvalue weighted by Crippen LogP contribution is 2.42. The molecule has 0 N–H and O–H groups in total. The average molecular weight is 262 g/mol. The first-order valence-electron chi connectivity index (χ1n) is 4.10. The van der Waals surface area contributed by atoms with E-state index in [-0.39, 0.29) is 6.07 Å². The summed E-state index contributed by atoms with van der Waals surface area (Å²) in [5, 5.41) is 0. The molecule has 1 aromatic carbocycles. The fourth-order valence-electron chi connectivity index (χ4n) is 1.21. The summed E-state index contributed by atoms with van der Waals surface area (Å²) in [5.41, 5.74) is -4.04. The Morgan fingerprint density at radius 2 is 1.47 bits per heavy atom. The molecule has 17 heavy (non-hydrogen) atoms. The van der Waals surface area contributed by atoms with Crippen LogP contribution in [0.15, 0.2) is 12.1 Å². The highest BCUT2D eigenvalue weighted by atomic mass is 19.4. The lowest BCUT2D eigenvalue weighted by atomic mass is 10.1. The van der Waals surface area contributed by atoms with Crippen LogP contribution >= 0.6 is 0 Å². The zero-order valence-electron chi connectivity index (χ0n) is 8.21. The van der Waals surface area contributed by atoms with Gasteiger partial charge in [-0.3, -0.25) is 0 Å². The number of hydrogen-bond acceptors (Lipinski definition) is 1. The summed E-state index contributed by atoms with van der Waals surface area (Å²) in [7, 11) is 0.803. The summed E-state index contributed by atoms with van der Waals surface area (Å²) in [6.45, 7) is 0. The minimum atomic E-state index is -5.27. The van der Waals surface area contributed by atoms with Gasteiger partial charge in [-0.05, 0) is 12.1 Å². The zero-order chi connectivity index (χ0) is 13.4. The Morgan fingerprint density at radius 3 is 1.82 bits per heavy atom. The fourth-order valence-corrected chi connectivity index (χ4v) is 1.21. The third-order valence-corrected chi connectivity index (χ3v) is 1.91. The molecular formula is C9H5F7O. The normalized spacial score (nSPS) is 12.7. The van der Waals surface area contributed by atoms with Gasteiger partial charge in [0.25, 0.3) is 0 Å². The van der Waals surface area contributed by atoms with Crippen LogP contribution in [0.5, 0.6) is 5.75 Å². The van der Waals surface area contributed by atoms with E-state index in [1.54, 1.807) is 0 Å². The van der Waals surface area contributed by atoms with E-state index in [9.17, 15) is 30.7 Å². The molecule has 96 valence electrons. The van der Waals surface area contributed by atoms with Crippen molar-refractivity contribution < 1.29 is 35.5 Å². The van der Waals surface area contributed by atoms with Crippen LogP contribution in [0.2, 0.25) is 0 Å². The molecular weight excluding hydrogens is 257 g/mol. The first-order chi connectivity index (χ1) is 7.59. The lowest BCUT2D eigenvalue weighted by Gasteiger charge is -2.16. The van der Waals surface area contributed by atoms with Gasteiger partial charge < -0.3 is 4.74 Å². The van der Waals surface area contributed by atoms with Crippen LogP contribution in [0.3, 0.4) is 0 Å². The Labute approximate surface area is 90.8 Å². The summed E-state index contributed by atoms with van der Waals surface area (Å²) in [6, 6.07) is 0.623. The van der Waals surface area contributed by atoms with Gasteiger partial charge in [0.1, 0.15) is 11.3 Å². The molecule has 0 unspecified atom stereocenters.